The Balaban J connectivity index is 1.48. The normalized spacial score (nSPS) is 18.8. The molecule has 1 atom stereocenters. The zero-order chi connectivity index (χ0) is 20.2. The fraction of sp³-hybridized carbons (Fsp3) is 0.269. The average molecular weight is 397 g/mol. The summed E-state index contributed by atoms with van der Waals surface area (Å²) in [6.45, 7) is 3.37. The van der Waals surface area contributed by atoms with Crippen molar-refractivity contribution in [2.24, 2.45) is 0 Å². The predicted octanol–water partition coefficient (Wildman–Crippen LogP) is 5.48. The lowest BCUT2D eigenvalue weighted by molar-refractivity contribution is 0.0475. The molecule has 3 aromatic carbocycles. The summed E-state index contributed by atoms with van der Waals surface area (Å²) in [7, 11) is 0. The van der Waals surface area contributed by atoms with Gasteiger partial charge in [0, 0.05) is 29.1 Å². The molecular weight excluding hydrogens is 374 g/mol. The maximum atomic E-state index is 12.5. The predicted molar refractivity (Wildman–Crippen MR) is 118 cm³/mol. The highest BCUT2D eigenvalue weighted by Crippen LogP contribution is 2.41. The zero-order valence-corrected chi connectivity index (χ0v) is 17.0. The van der Waals surface area contributed by atoms with Crippen LogP contribution >= 0.6 is 0 Å². The minimum absolute atomic E-state index is 0.294. The Kier molecular flexibility index (Phi) is 3.96. The third-order valence-corrected chi connectivity index (χ3v) is 6.69. The van der Waals surface area contributed by atoms with E-state index in [2.05, 4.69) is 35.2 Å². The van der Waals surface area contributed by atoms with Crippen molar-refractivity contribution in [3.05, 3.63) is 87.3 Å². The Morgan fingerprint density at radius 3 is 2.67 bits per heavy atom. The highest BCUT2D eigenvalue weighted by Gasteiger charge is 2.30. The smallest absolute Gasteiger partial charge is 0.344 e. The number of rotatable bonds is 1. The summed E-state index contributed by atoms with van der Waals surface area (Å²) < 4.78 is 12.0. The van der Waals surface area contributed by atoms with E-state index in [4.69, 9.17) is 9.15 Å². The summed E-state index contributed by atoms with van der Waals surface area (Å²) in [5.74, 6) is 0.862. The van der Waals surface area contributed by atoms with Crippen LogP contribution in [0.15, 0.2) is 63.8 Å². The molecule has 0 saturated carbocycles. The van der Waals surface area contributed by atoms with E-state index in [1.165, 1.54) is 17.5 Å². The Hall–Kier alpha value is -3.11. The Labute approximate surface area is 174 Å². The number of benzene rings is 3. The molecule has 1 aliphatic carbocycles. The molecule has 1 aromatic heterocycles. The topological polar surface area (TPSA) is 42.7 Å². The van der Waals surface area contributed by atoms with E-state index in [9.17, 15) is 4.79 Å². The Morgan fingerprint density at radius 2 is 1.77 bits per heavy atom. The van der Waals surface area contributed by atoms with Gasteiger partial charge in [0.2, 0.25) is 0 Å². The number of hydrogen-bond donors (Lipinski definition) is 0. The van der Waals surface area contributed by atoms with Crippen LogP contribution in [0.4, 0.5) is 0 Å². The van der Waals surface area contributed by atoms with Gasteiger partial charge < -0.3 is 9.15 Å². The second kappa shape index (κ2) is 6.71. The van der Waals surface area contributed by atoms with E-state index in [1.54, 1.807) is 0 Å². The molecule has 0 saturated heterocycles. The molecule has 0 bridgehead atoms. The van der Waals surface area contributed by atoms with Crippen LogP contribution in [0.2, 0.25) is 0 Å². The maximum absolute atomic E-state index is 12.5. The summed E-state index contributed by atoms with van der Waals surface area (Å²) in [5, 5.41) is 2.55. The van der Waals surface area contributed by atoms with Crippen molar-refractivity contribution in [1.29, 1.82) is 0 Å². The van der Waals surface area contributed by atoms with Gasteiger partial charge in [-0.2, -0.15) is 0 Å². The van der Waals surface area contributed by atoms with Crippen LogP contribution < -0.4 is 10.4 Å². The molecule has 0 fully saturated rings. The number of ether oxygens (including phenoxy) is 1. The van der Waals surface area contributed by atoms with E-state index in [-0.39, 0.29) is 5.63 Å². The van der Waals surface area contributed by atoms with Crippen LogP contribution in [-0.4, -0.2) is 11.6 Å². The minimum atomic E-state index is -0.294. The van der Waals surface area contributed by atoms with Crippen LogP contribution in [0.1, 0.15) is 41.1 Å². The van der Waals surface area contributed by atoms with Crippen molar-refractivity contribution < 1.29 is 9.15 Å². The van der Waals surface area contributed by atoms with Crippen LogP contribution in [-0.2, 0) is 13.0 Å². The fourth-order valence-electron chi connectivity index (χ4n) is 5.26. The van der Waals surface area contributed by atoms with Crippen LogP contribution in [0.5, 0.6) is 5.75 Å². The van der Waals surface area contributed by atoms with Crippen molar-refractivity contribution in [2.45, 2.75) is 38.8 Å². The molecule has 0 radical (unpaired) electrons. The Bertz CT molecular complexity index is 1350. The molecule has 0 N–H and O–H groups in total. The van der Waals surface area contributed by atoms with Gasteiger partial charge in [-0.15, -0.1) is 0 Å². The van der Waals surface area contributed by atoms with Gasteiger partial charge in [-0.05, 0) is 54.8 Å². The molecule has 4 heteroatoms. The van der Waals surface area contributed by atoms with Gasteiger partial charge in [-0.1, -0.05) is 42.5 Å². The molecule has 1 aliphatic heterocycles. The third-order valence-electron chi connectivity index (χ3n) is 6.69. The first-order valence-electron chi connectivity index (χ1n) is 10.6. The van der Waals surface area contributed by atoms with Gasteiger partial charge in [0.15, 0.2) is 0 Å². The van der Waals surface area contributed by atoms with Crippen LogP contribution in [0, 0.1) is 6.92 Å². The lowest BCUT2D eigenvalue weighted by Crippen LogP contribution is -2.37. The van der Waals surface area contributed by atoms with E-state index in [0.717, 1.165) is 47.0 Å². The molecule has 4 nitrogen and oxygen atoms in total. The molecule has 6 rings (SSSR count). The number of hydrogen-bond acceptors (Lipinski definition) is 4. The molecule has 4 aromatic rings. The van der Waals surface area contributed by atoms with Crippen LogP contribution in [0.3, 0.4) is 0 Å². The number of fused-ring (bicyclic) bond motifs is 5. The van der Waals surface area contributed by atoms with E-state index in [1.807, 2.05) is 31.2 Å². The number of aryl methyl sites for hydroxylation is 2. The number of nitrogens with zero attached hydrogens (tertiary/aromatic N) is 1. The quantitative estimate of drug-likeness (QED) is 0.315. The standard InChI is InChI=1S/C26H23NO3/c1-16-24-18(13-22-20-10-4-5-11-21(20)26(28)30-25(16)22)14-27(15-29-24)23-12-6-8-17-7-2-3-9-19(17)23/h2-5,7,9-11,13,23H,6,8,12,14-15H2,1H3. The van der Waals surface area contributed by atoms with Crippen molar-refractivity contribution in [2.75, 3.05) is 6.73 Å². The van der Waals surface area contributed by atoms with Crippen molar-refractivity contribution >= 4 is 21.7 Å². The summed E-state index contributed by atoms with van der Waals surface area (Å²) in [5.41, 5.74) is 5.31. The second-order valence-corrected chi connectivity index (χ2v) is 8.43. The highest BCUT2D eigenvalue weighted by molar-refractivity contribution is 6.06. The monoisotopic (exact) mass is 397 g/mol. The zero-order valence-electron chi connectivity index (χ0n) is 17.0. The van der Waals surface area contributed by atoms with Gasteiger partial charge in [0.1, 0.15) is 18.1 Å². The van der Waals surface area contributed by atoms with Crippen molar-refractivity contribution in [3.8, 4) is 5.75 Å². The van der Waals surface area contributed by atoms with Crippen molar-refractivity contribution in [1.82, 2.24) is 4.90 Å². The molecule has 0 amide bonds. The molecule has 0 spiro atoms. The summed E-state index contributed by atoms with van der Waals surface area (Å²) in [6.07, 6.45) is 3.52. The fourth-order valence-corrected chi connectivity index (χ4v) is 5.26. The summed E-state index contributed by atoms with van der Waals surface area (Å²) >= 11 is 0. The lowest BCUT2D eigenvalue weighted by atomic mass is 9.86. The first-order valence-corrected chi connectivity index (χ1v) is 10.6. The van der Waals surface area contributed by atoms with Gasteiger partial charge in [0.05, 0.1) is 5.39 Å². The van der Waals surface area contributed by atoms with Gasteiger partial charge in [-0.25, -0.2) is 4.79 Å². The lowest BCUT2D eigenvalue weighted by Gasteiger charge is -2.39. The van der Waals surface area contributed by atoms with Gasteiger partial charge in [0.25, 0.3) is 0 Å². The summed E-state index contributed by atoms with van der Waals surface area (Å²) in [4.78, 5) is 14.9. The molecular formula is C26H23NO3. The molecule has 1 unspecified atom stereocenters. The molecule has 30 heavy (non-hydrogen) atoms. The first-order chi connectivity index (χ1) is 14.7. The molecule has 150 valence electrons. The second-order valence-electron chi connectivity index (χ2n) is 8.43. The first kappa shape index (κ1) is 17.7. The molecule has 2 aliphatic rings. The highest BCUT2D eigenvalue weighted by atomic mass is 16.5. The summed E-state index contributed by atoms with van der Waals surface area (Å²) in [6, 6.07) is 19.0. The minimum Gasteiger partial charge on any atom is -0.477 e. The van der Waals surface area contributed by atoms with Crippen LogP contribution in [0.25, 0.3) is 21.7 Å². The van der Waals surface area contributed by atoms with E-state index < -0.39 is 0 Å². The van der Waals surface area contributed by atoms with E-state index in [0.29, 0.717) is 23.7 Å². The Morgan fingerprint density at radius 1 is 0.967 bits per heavy atom. The largest absolute Gasteiger partial charge is 0.477 e. The van der Waals surface area contributed by atoms with E-state index >= 15 is 0 Å². The third kappa shape index (κ3) is 2.60. The molecule has 2 heterocycles. The average Bonchev–Trinajstić information content (AvgIpc) is 2.79. The maximum Gasteiger partial charge on any atom is 0.344 e. The SMILES string of the molecule is Cc1c2c(cc3c1oc(=O)c1ccccc13)CN(C1CCCc3ccccc31)CO2. The van der Waals surface area contributed by atoms with Gasteiger partial charge in [-0.3, -0.25) is 4.90 Å². The van der Waals surface area contributed by atoms with Gasteiger partial charge >= 0.3 is 5.63 Å². The van der Waals surface area contributed by atoms with Crippen molar-refractivity contribution in [3.63, 3.8) is 0 Å².